The van der Waals surface area contributed by atoms with Crippen LogP contribution in [0.1, 0.15) is 24.5 Å². The molecule has 6 nitrogen and oxygen atoms in total. The van der Waals surface area contributed by atoms with E-state index >= 15 is 0 Å². The molecule has 2 heterocycles. The number of aromatic nitrogens is 4. The lowest BCUT2D eigenvalue weighted by atomic mass is 10.2. The standard InChI is InChI=1S/C12H12BrN5O/c1-19-8-5-4-7(17-18-8)12-15-10(6-2-3-6)9(13)11(14)16-12/h4-6H,2-3H2,1H3,(H2,14,15,16). The Morgan fingerprint density at radius 1 is 1.26 bits per heavy atom. The van der Waals surface area contributed by atoms with Crippen LogP contribution in [0, 0.1) is 0 Å². The van der Waals surface area contributed by atoms with Gasteiger partial charge in [0.05, 0.1) is 17.3 Å². The number of rotatable bonds is 3. The summed E-state index contributed by atoms with van der Waals surface area (Å²) in [6, 6.07) is 3.49. The third kappa shape index (κ3) is 2.37. The molecule has 0 aliphatic heterocycles. The van der Waals surface area contributed by atoms with E-state index in [1.54, 1.807) is 19.2 Å². The first-order valence-corrected chi connectivity index (χ1v) is 6.69. The molecule has 0 amide bonds. The molecule has 1 aliphatic carbocycles. The van der Waals surface area contributed by atoms with Crippen LogP contribution in [0.25, 0.3) is 11.5 Å². The van der Waals surface area contributed by atoms with E-state index in [4.69, 9.17) is 10.5 Å². The lowest BCUT2D eigenvalue weighted by molar-refractivity contribution is 0.392. The van der Waals surface area contributed by atoms with Crippen molar-refractivity contribution in [2.24, 2.45) is 0 Å². The average Bonchev–Trinajstić information content (AvgIpc) is 3.26. The molecule has 0 unspecified atom stereocenters. The largest absolute Gasteiger partial charge is 0.480 e. The fourth-order valence-electron chi connectivity index (χ4n) is 1.77. The van der Waals surface area contributed by atoms with Gasteiger partial charge in [-0.3, -0.25) is 0 Å². The lowest BCUT2D eigenvalue weighted by Gasteiger charge is -2.07. The van der Waals surface area contributed by atoms with E-state index in [0.29, 0.717) is 29.1 Å². The van der Waals surface area contributed by atoms with Gasteiger partial charge in [-0.15, -0.1) is 10.2 Å². The second-order valence-electron chi connectivity index (χ2n) is 4.37. The maximum absolute atomic E-state index is 5.91. The second kappa shape index (κ2) is 4.73. The van der Waals surface area contributed by atoms with Gasteiger partial charge in [0.25, 0.3) is 0 Å². The molecule has 3 rings (SSSR count). The highest BCUT2D eigenvalue weighted by Gasteiger charge is 2.29. The summed E-state index contributed by atoms with van der Waals surface area (Å²) in [5.74, 6) is 1.86. The number of hydrogen-bond donors (Lipinski definition) is 1. The quantitative estimate of drug-likeness (QED) is 0.932. The Morgan fingerprint density at radius 2 is 2.05 bits per heavy atom. The van der Waals surface area contributed by atoms with Gasteiger partial charge in [0, 0.05) is 12.0 Å². The van der Waals surface area contributed by atoms with Crippen molar-refractivity contribution in [1.29, 1.82) is 0 Å². The van der Waals surface area contributed by atoms with Gasteiger partial charge in [-0.25, -0.2) is 9.97 Å². The van der Waals surface area contributed by atoms with Gasteiger partial charge in [-0.1, -0.05) is 0 Å². The molecule has 1 saturated carbocycles. The minimum atomic E-state index is 0.435. The van der Waals surface area contributed by atoms with E-state index in [2.05, 4.69) is 36.1 Å². The van der Waals surface area contributed by atoms with Gasteiger partial charge in [-0.2, -0.15) is 0 Å². The van der Waals surface area contributed by atoms with Crippen molar-refractivity contribution in [2.45, 2.75) is 18.8 Å². The van der Waals surface area contributed by atoms with Crippen LogP contribution in [0.3, 0.4) is 0 Å². The van der Waals surface area contributed by atoms with E-state index in [1.807, 2.05) is 0 Å². The second-order valence-corrected chi connectivity index (χ2v) is 5.16. The summed E-state index contributed by atoms with van der Waals surface area (Å²) in [4.78, 5) is 8.79. The Morgan fingerprint density at radius 3 is 2.63 bits per heavy atom. The maximum Gasteiger partial charge on any atom is 0.233 e. The molecule has 0 spiro atoms. The van der Waals surface area contributed by atoms with Crippen LogP contribution in [0.5, 0.6) is 5.88 Å². The summed E-state index contributed by atoms with van der Waals surface area (Å²) in [7, 11) is 1.54. The average molecular weight is 322 g/mol. The molecule has 1 aliphatic rings. The highest BCUT2D eigenvalue weighted by atomic mass is 79.9. The fourth-order valence-corrected chi connectivity index (χ4v) is 2.27. The Balaban J connectivity index is 2.03. The zero-order chi connectivity index (χ0) is 13.4. The first-order chi connectivity index (χ1) is 9.19. The number of nitrogens with zero attached hydrogens (tertiary/aromatic N) is 4. The van der Waals surface area contributed by atoms with Crippen molar-refractivity contribution in [3.8, 4) is 17.4 Å². The van der Waals surface area contributed by atoms with Crippen LogP contribution in [-0.2, 0) is 0 Å². The molecular formula is C12H12BrN5O. The first kappa shape index (κ1) is 12.3. The molecular weight excluding hydrogens is 310 g/mol. The van der Waals surface area contributed by atoms with Crippen LogP contribution in [0.2, 0.25) is 0 Å². The molecule has 2 N–H and O–H groups in total. The number of nitrogens with two attached hydrogens (primary N) is 1. The lowest BCUT2D eigenvalue weighted by Crippen LogP contribution is -2.03. The van der Waals surface area contributed by atoms with Crippen LogP contribution in [0.4, 0.5) is 5.82 Å². The van der Waals surface area contributed by atoms with Crippen LogP contribution in [0.15, 0.2) is 16.6 Å². The van der Waals surface area contributed by atoms with Gasteiger partial charge in [-0.05, 0) is 34.8 Å². The first-order valence-electron chi connectivity index (χ1n) is 5.90. The smallest absolute Gasteiger partial charge is 0.233 e. The molecule has 7 heteroatoms. The van der Waals surface area contributed by atoms with Crippen molar-refractivity contribution in [2.75, 3.05) is 12.8 Å². The van der Waals surface area contributed by atoms with E-state index in [9.17, 15) is 0 Å². The van der Waals surface area contributed by atoms with Crippen LogP contribution < -0.4 is 10.5 Å². The van der Waals surface area contributed by atoms with Gasteiger partial charge in [0.2, 0.25) is 5.88 Å². The summed E-state index contributed by atoms with van der Waals surface area (Å²) in [5, 5.41) is 7.95. The van der Waals surface area contributed by atoms with Gasteiger partial charge < -0.3 is 10.5 Å². The molecule has 98 valence electrons. The number of ether oxygens (including phenoxy) is 1. The molecule has 2 aromatic rings. The molecule has 0 bridgehead atoms. The minimum Gasteiger partial charge on any atom is -0.480 e. The van der Waals surface area contributed by atoms with Crippen molar-refractivity contribution in [1.82, 2.24) is 20.2 Å². The van der Waals surface area contributed by atoms with E-state index < -0.39 is 0 Å². The number of halogens is 1. The van der Waals surface area contributed by atoms with Crippen LogP contribution >= 0.6 is 15.9 Å². The summed E-state index contributed by atoms with van der Waals surface area (Å²) >= 11 is 3.44. The van der Waals surface area contributed by atoms with Crippen molar-refractivity contribution >= 4 is 21.7 Å². The molecule has 0 aromatic carbocycles. The summed E-state index contributed by atoms with van der Waals surface area (Å²) in [5.41, 5.74) is 7.45. The normalized spacial score (nSPS) is 14.4. The number of hydrogen-bond acceptors (Lipinski definition) is 6. The van der Waals surface area contributed by atoms with E-state index in [-0.39, 0.29) is 0 Å². The minimum absolute atomic E-state index is 0.435. The Kier molecular flexibility index (Phi) is 3.06. The maximum atomic E-state index is 5.91. The van der Waals surface area contributed by atoms with Gasteiger partial charge >= 0.3 is 0 Å². The zero-order valence-electron chi connectivity index (χ0n) is 10.3. The predicted octanol–water partition coefficient (Wildman–Crippen LogP) is 2.16. The topological polar surface area (TPSA) is 86.8 Å². The van der Waals surface area contributed by atoms with Crippen molar-refractivity contribution in [3.05, 3.63) is 22.3 Å². The van der Waals surface area contributed by atoms with Gasteiger partial charge in [0.1, 0.15) is 11.5 Å². The SMILES string of the molecule is COc1ccc(-c2nc(N)c(Br)c(C3CC3)n2)nn1. The summed E-state index contributed by atoms with van der Waals surface area (Å²) < 4.78 is 5.77. The predicted molar refractivity (Wildman–Crippen MR) is 73.7 cm³/mol. The molecule has 2 aromatic heterocycles. The molecule has 0 saturated heterocycles. The van der Waals surface area contributed by atoms with Gasteiger partial charge in [0.15, 0.2) is 5.82 Å². The van der Waals surface area contributed by atoms with E-state index in [0.717, 1.165) is 23.0 Å². The monoisotopic (exact) mass is 321 g/mol. The van der Waals surface area contributed by atoms with Crippen LogP contribution in [-0.4, -0.2) is 27.3 Å². The Labute approximate surface area is 118 Å². The Bertz CT molecular complexity index is 612. The zero-order valence-corrected chi connectivity index (χ0v) is 11.9. The molecule has 0 radical (unpaired) electrons. The van der Waals surface area contributed by atoms with E-state index in [1.165, 1.54) is 0 Å². The third-order valence-electron chi connectivity index (χ3n) is 2.94. The summed E-state index contributed by atoms with van der Waals surface area (Å²) in [6.07, 6.45) is 2.28. The summed E-state index contributed by atoms with van der Waals surface area (Å²) in [6.45, 7) is 0. The number of anilines is 1. The number of methoxy groups -OCH3 is 1. The fraction of sp³-hybridized carbons (Fsp3) is 0.333. The Hall–Kier alpha value is -1.76. The number of nitrogen functional groups attached to an aromatic ring is 1. The third-order valence-corrected chi connectivity index (χ3v) is 3.76. The van der Waals surface area contributed by atoms with Crippen molar-refractivity contribution in [3.63, 3.8) is 0 Å². The highest BCUT2D eigenvalue weighted by molar-refractivity contribution is 9.10. The molecule has 1 fully saturated rings. The van der Waals surface area contributed by atoms with Crippen molar-refractivity contribution < 1.29 is 4.74 Å². The highest BCUT2D eigenvalue weighted by Crippen LogP contribution is 2.43. The molecule has 19 heavy (non-hydrogen) atoms. The molecule has 0 atom stereocenters.